The number of aryl methyl sites for hydroxylation is 1. The molecule has 0 fully saturated rings. The summed E-state index contributed by atoms with van der Waals surface area (Å²) in [5.41, 5.74) is 5.77. The Labute approximate surface area is 173 Å². The fraction of sp³-hybridized carbons (Fsp3) is 0.0400. The number of furan rings is 1. The molecular formula is C25H16N2OSe. The molecule has 29 heavy (non-hydrogen) atoms. The van der Waals surface area contributed by atoms with Gasteiger partial charge in [0.05, 0.1) is 0 Å². The van der Waals surface area contributed by atoms with Crippen LogP contribution in [0.15, 0.2) is 83.4 Å². The van der Waals surface area contributed by atoms with E-state index in [0.717, 1.165) is 33.3 Å². The first-order chi connectivity index (χ1) is 14.3. The van der Waals surface area contributed by atoms with Gasteiger partial charge in [0, 0.05) is 0 Å². The summed E-state index contributed by atoms with van der Waals surface area (Å²) in [4.78, 5) is 9.33. The first-order valence-corrected chi connectivity index (χ1v) is 11.2. The van der Waals surface area contributed by atoms with Crippen molar-refractivity contribution in [1.29, 1.82) is 0 Å². The van der Waals surface area contributed by atoms with Crippen molar-refractivity contribution in [1.82, 2.24) is 9.97 Å². The molecule has 4 aromatic heterocycles. The van der Waals surface area contributed by atoms with E-state index in [0.29, 0.717) is 5.71 Å². The van der Waals surface area contributed by atoms with Gasteiger partial charge in [0.2, 0.25) is 0 Å². The minimum atomic E-state index is 0.273. The van der Waals surface area contributed by atoms with E-state index < -0.39 is 0 Å². The normalized spacial score (nSPS) is 11.6. The van der Waals surface area contributed by atoms with Gasteiger partial charge in [-0.25, -0.2) is 0 Å². The van der Waals surface area contributed by atoms with Crippen LogP contribution in [-0.4, -0.2) is 24.5 Å². The molecule has 4 heteroatoms. The number of benzene rings is 2. The fourth-order valence-corrected chi connectivity index (χ4v) is 6.06. The third kappa shape index (κ3) is 2.72. The third-order valence-corrected chi connectivity index (χ3v) is 7.65. The number of aromatic nitrogens is 2. The van der Waals surface area contributed by atoms with E-state index in [1.165, 1.54) is 19.6 Å². The predicted molar refractivity (Wildman–Crippen MR) is 119 cm³/mol. The molecule has 6 aromatic rings. The molecular weight excluding hydrogens is 423 g/mol. The molecule has 4 heterocycles. The fourth-order valence-electron chi connectivity index (χ4n) is 3.80. The summed E-state index contributed by atoms with van der Waals surface area (Å²) in [6, 6.07) is 25.5. The molecule has 0 aliphatic rings. The van der Waals surface area contributed by atoms with Crippen molar-refractivity contribution in [2.45, 2.75) is 6.92 Å². The van der Waals surface area contributed by atoms with Crippen molar-refractivity contribution in [3.63, 3.8) is 0 Å². The topological polar surface area (TPSA) is 38.9 Å². The molecule has 0 bridgehead atoms. The summed E-state index contributed by atoms with van der Waals surface area (Å²) in [6.07, 6.45) is 1.99. The molecule has 0 saturated heterocycles. The Morgan fingerprint density at radius 3 is 2.66 bits per heavy atom. The molecule has 0 spiro atoms. The second kappa shape index (κ2) is 6.41. The van der Waals surface area contributed by atoms with E-state index in [1.54, 1.807) is 0 Å². The minimum absolute atomic E-state index is 0.273. The van der Waals surface area contributed by atoms with Crippen molar-refractivity contribution < 1.29 is 4.42 Å². The first kappa shape index (κ1) is 16.7. The van der Waals surface area contributed by atoms with Gasteiger partial charge < -0.3 is 0 Å². The van der Waals surface area contributed by atoms with Gasteiger partial charge in [0.15, 0.2) is 0 Å². The van der Waals surface area contributed by atoms with Gasteiger partial charge >= 0.3 is 173 Å². The molecule has 0 N–H and O–H groups in total. The number of hydrogen-bond donors (Lipinski definition) is 0. The summed E-state index contributed by atoms with van der Waals surface area (Å²) < 4.78 is 8.93. The van der Waals surface area contributed by atoms with Crippen LogP contribution in [0.5, 0.6) is 0 Å². The first-order valence-electron chi connectivity index (χ1n) is 9.50. The molecule has 0 aliphatic carbocycles. The Morgan fingerprint density at radius 2 is 1.76 bits per heavy atom. The Balaban J connectivity index is 1.54. The number of rotatable bonds is 2. The summed E-state index contributed by atoms with van der Waals surface area (Å²) in [6.45, 7) is 1.98. The quantitative estimate of drug-likeness (QED) is 0.300. The van der Waals surface area contributed by atoms with Crippen LogP contribution in [-0.2, 0) is 0 Å². The standard InChI is InChI=1S/C25H16N2OSe/c1-15-10-11-19-18-8-5-9-20(24(18)28-25(19)27-15)21-13-23-17(14-26-21)12-22(29-23)16-6-3-2-4-7-16/h2-14H,1H3. The van der Waals surface area contributed by atoms with Gasteiger partial charge in [0.25, 0.3) is 0 Å². The van der Waals surface area contributed by atoms with Gasteiger partial charge in [-0.2, -0.15) is 0 Å². The van der Waals surface area contributed by atoms with Crippen LogP contribution in [0, 0.1) is 6.92 Å². The molecule has 0 radical (unpaired) electrons. The van der Waals surface area contributed by atoms with E-state index >= 15 is 0 Å². The van der Waals surface area contributed by atoms with E-state index in [4.69, 9.17) is 9.40 Å². The van der Waals surface area contributed by atoms with Gasteiger partial charge in [-0.1, -0.05) is 0 Å². The third-order valence-electron chi connectivity index (χ3n) is 5.24. The number of fused-ring (bicyclic) bond motifs is 4. The molecule has 0 unspecified atom stereocenters. The van der Waals surface area contributed by atoms with Gasteiger partial charge in [-0.05, 0) is 0 Å². The molecule has 6 rings (SSSR count). The summed E-state index contributed by atoms with van der Waals surface area (Å²) >= 11 is 0.273. The summed E-state index contributed by atoms with van der Waals surface area (Å²) in [5.74, 6) is 0. The van der Waals surface area contributed by atoms with Crippen molar-refractivity contribution >= 4 is 46.2 Å². The summed E-state index contributed by atoms with van der Waals surface area (Å²) in [7, 11) is 0. The molecule has 0 amide bonds. The second-order valence-corrected chi connectivity index (χ2v) is 9.45. The zero-order chi connectivity index (χ0) is 19.4. The predicted octanol–water partition coefficient (Wildman–Crippen LogP) is 6.23. The molecule has 2 aromatic carbocycles. The van der Waals surface area contributed by atoms with Gasteiger partial charge in [0.1, 0.15) is 0 Å². The average Bonchev–Trinajstić information content (AvgIpc) is 3.34. The van der Waals surface area contributed by atoms with Crippen LogP contribution in [0.4, 0.5) is 0 Å². The van der Waals surface area contributed by atoms with Crippen molar-refractivity contribution in [2.75, 3.05) is 0 Å². The maximum absolute atomic E-state index is 6.17. The molecule has 0 aliphatic heterocycles. The zero-order valence-corrected chi connectivity index (χ0v) is 17.4. The van der Waals surface area contributed by atoms with E-state index in [-0.39, 0.29) is 14.5 Å². The van der Waals surface area contributed by atoms with Crippen molar-refractivity contribution in [3.8, 4) is 21.3 Å². The van der Waals surface area contributed by atoms with Gasteiger partial charge in [-0.15, -0.1) is 0 Å². The molecule has 0 atom stereocenters. The monoisotopic (exact) mass is 440 g/mol. The van der Waals surface area contributed by atoms with E-state index in [1.807, 2.05) is 19.2 Å². The van der Waals surface area contributed by atoms with Crippen LogP contribution in [0.25, 0.3) is 53.0 Å². The zero-order valence-electron chi connectivity index (χ0n) is 15.7. The second-order valence-electron chi connectivity index (χ2n) is 7.17. The Bertz CT molecular complexity index is 1510. The van der Waals surface area contributed by atoms with E-state index in [9.17, 15) is 0 Å². The molecule has 0 saturated carbocycles. The summed E-state index contributed by atoms with van der Waals surface area (Å²) in [5, 5.41) is 3.36. The Morgan fingerprint density at radius 1 is 0.862 bits per heavy atom. The van der Waals surface area contributed by atoms with Crippen molar-refractivity contribution in [2.24, 2.45) is 0 Å². The van der Waals surface area contributed by atoms with Gasteiger partial charge in [-0.3, -0.25) is 0 Å². The molecule has 3 nitrogen and oxygen atoms in total. The van der Waals surface area contributed by atoms with Crippen LogP contribution in [0.1, 0.15) is 5.69 Å². The van der Waals surface area contributed by atoms with Crippen LogP contribution in [0.2, 0.25) is 0 Å². The van der Waals surface area contributed by atoms with Crippen molar-refractivity contribution in [3.05, 3.63) is 84.7 Å². The maximum atomic E-state index is 6.17. The van der Waals surface area contributed by atoms with E-state index in [2.05, 4.69) is 71.7 Å². The average molecular weight is 439 g/mol. The Hall–Kier alpha value is -3.20. The van der Waals surface area contributed by atoms with Crippen LogP contribution >= 0.6 is 0 Å². The van der Waals surface area contributed by atoms with Crippen LogP contribution in [0.3, 0.4) is 0 Å². The number of hydrogen-bond acceptors (Lipinski definition) is 3. The SMILES string of the molecule is Cc1ccc2c(n1)oc1c(-c3cc4[se]c(-c5ccccc5)cc4cn3)cccc12. The Kier molecular flexibility index (Phi) is 3.70. The number of nitrogens with zero attached hydrogens (tertiary/aromatic N) is 2. The number of para-hydroxylation sites is 1. The molecule has 138 valence electrons. The van der Waals surface area contributed by atoms with Crippen LogP contribution < -0.4 is 0 Å². The number of pyridine rings is 2.